The molecule has 2 atom stereocenters. The van der Waals surface area contributed by atoms with Crippen molar-refractivity contribution in [2.45, 2.75) is 38.8 Å². The normalized spacial score (nSPS) is 21.1. The fourth-order valence-corrected chi connectivity index (χ4v) is 2.97. The Morgan fingerprint density at radius 3 is 2.90 bits per heavy atom. The van der Waals surface area contributed by atoms with E-state index in [1.807, 2.05) is 13.2 Å². The van der Waals surface area contributed by atoms with E-state index in [2.05, 4.69) is 53.1 Å². The minimum Gasteiger partial charge on any atom is -0.358 e. The summed E-state index contributed by atoms with van der Waals surface area (Å²) in [5.41, 5.74) is 1.24. The number of hydrogen-bond acceptors (Lipinski definition) is 4. The van der Waals surface area contributed by atoms with Crippen LogP contribution in [0, 0.1) is 0 Å². The molecule has 0 aromatic carbocycles. The molecule has 0 amide bonds. The van der Waals surface area contributed by atoms with Gasteiger partial charge in [0.2, 0.25) is 0 Å². The van der Waals surface area contributed by atoms with Gasteiger partial charge < -0.3 is 10.2 Å². The molecule has 2 heterocycles. The van der Waals surface area contributed by atoms with Crippen LogP contribution in [0.2, 0.25) is 0 Å². The minimum absolute atomic E-state index is 0.354. The van der Waals surface area contributed by atoms with Crippen molar-refractivity contribution in [3.63, 3.8) is 0 Å². The Morgan fingerprint density at radius 1 is 1.50 bits per heavy atom. The third-order valence-corrected chi connectivity index (χ3v) is 4.48. The fraction of sp³-hybridized carbons (Fsp3) is 0.688. The maximum atomic E-state index is 4.61. The predicted molar refractivity (Wildman–Crippen MR) is 85.3 cm³/mol. The van der Waals surface area contributed by atoms with Gasteiger partial charge in [0.15, 0.2) is 0 Å². The van der Waals surface area contributed by atoms with Crippen molar-refractivity contribution in [2.75, 3.05) is 38.6 Å². The largest absolute Gasteiger partial charge is 0.358 e. The van der Waals surface area contributed by atoms with Crippen LogP contribution in [-0.4, -0.2) is 49.7 Å². The highest BCUT2D eigenvalue weighted by atomic mass is 15.2. The quantitative estimate of drug-likeness (QED) is 0.864. The highest BCUT2D eigenvalue weighted by Gasteiger charge is 2.24. The lowest BCUT2D eigenvalue weighted by molar-refractivity contribution is 0.270. The molecule has 0 spiro atoms. The van der Waals surface area contributed by atoms with Gasteiger partial charge in [0, 0.05) is 31.9 Å². The van der Waals surface area contributed by atoms with Crippen LogP contribution < -0.4 is 10.2 Å². The molecule has 0 saturated carbocycles. The van der Waals surface area contributed by atoms with Crippen LogP contribution in [-0.2, 0) is 0 Å². The van der Waals surface area contributed by atoms with E-state index in [9.17, 15) is 0 Å². The predicted octanol–water partition coefficient (Wildman–Crippen LogP) is 2.28. The van der Waals surface area contributed by atoms with E-state index in [0.29, 0.717) is 12.1 Å². The van der Waals surface area contributed by atoms with Gasteiger partial charge in [-0.05, 0) is 51.5 Å². The third-order valence-electron chi connectivity index (χ3n) is 4.48. The lowest BCUT2D eigenvalue weighted by atomic mass is 10.1. The van der Waals surface area contributed by atoms with Gasteiger partial charge in [0.25, 0.3) is 0 Å². The van der Waals surface area contributed by atoms with Crippen molar-refractivity contribution < 1.29 is 0 Å². The zero-order chi connectivity index (χ0) is 14.5. The van der Waals surface area contributed by atoms with E-state index in [1.54, 1.807) is 0 Å². The van der Waals surface area contributed by atoms with Gasteiger partial charge in [0.1, 0.15) is 5.82 Å². The van der Waals surface area contributed by atoms with E-state index in [4.69, 9.17) is 0 Å². The topological polar surface area (TPSA) is 31.4 Å². The Hall–Kier alpha value is -1.13. The number of rotatable bonds is 6. The summed E-state index contributed by atoms with van der Waals surface area (Å²) >= 11 is 0. The molecule has 1 saturated heterocycles. The first kappa shape index (κ1) is 15.3. The Labute approximate surface area is 123 Å². The molecule has 2 rings (SSSR count). The van der Waals surface area contributed by atoms with Crippen LogP contribution in [0.15, 0.2) is 18.3 Å². The molecular formula is C16H28N4. The summed E-state index contributed by atoms with van der Waals surface area (Å²) in [5.74, 6) is 1.07. The van der Waals surface area contributed by atoms with E-state index in [1.165, 1.54) is 24.9 Å². The van der Waals surface area contributed by atoms with Crippen LogP contribution in [0.3, 0.4) is 0 Å². The summed E-state index contributed by atoms with van der Waals surface area (Å²) in [6.45, 7) is 7.88. The van der Waals surface area contributed by atoms with Crippen LogP contribution in [0.5, 0.6) is 0 Å². The van der Waals surface area contributed by atoms with Crippen LogP contribution in [0.4, 0.5) is 5.82 Å². The Bertz CT molecular complexity index is 403. The smallest absolute Gasteiger partial charge is 0.128 e. The molecule has 0 aliphatic carbocycles. The first-order valence-corrected chi connectivity index (χ1v) is 7.74. The van der Waals surface area contributed by atoms with Crippen molar-refractivity contribution in [3.8, 4) is 0 Å². The molecule has 1 aliphatic heterocycles. The molecule has 1 aromatic heterocycles. The minimum atomic E-state index is 0.354. The maximum Gasteiger partial charge on any atom is 0.128 e. The fourth-order valence-electron chi connectivity index (χ4n) is 2.97. The first-order chi connectivity index (χ1) is 9.65. The summed E-state index contributed by atoms with van der Waals surface area (Å²) in [6.07, 6.45) is 4.63. The second kappa shape index (κ2) is 7.04. The average Bonchev–Trinajstić information content (AvgIpc) is 2.93. The van der Waals surface area contributed by atoms with Gasteiger partial charge >= 0.3 is 0 Å². The van der Waals surface area contributed by atoms with Gasteiger partial charge in [-0.3, -0.25) is 4.90 Å². The van der Waals surface area contributed by atoms with E-state index in [0.717, 1.165) is 18.9 Å². The van der Waals surface area contributed by atoms with Crippen LogP contribution in [0.25, 0.3) is 0 Å². The number of likely N-dealkylation sites (tertiary alicyclic amines) is 1. The van der Waals surface area contributed by atoms with Gasteiger partial charge in [-0.2, -0.15) is 0 Å². The number of aromatic nitrogens is 1. The Morgan fingerprint density at radius 2 is 2.30 bits per heavy atom. The lowest BCUT2D eigenvalue weighted by Crippen LogP contribution is -2.39. The number of pyridine rings is 1. The molecule has 0 radical (unpaired) electrons. The zero-order valence-electron chi connectivity index (χ0n) is 13.3. The van der Waals surface area contributed by atoms with Crippen molar-refractivity contribution in [1.29, 1.82) is 0 Å². The monoisotopic (exact) mass is 276 g/mol. The number of anilines is 1. The van der Waals surface area contributed by atoms with E-state index >= 15 is 0 Å². The van der Waals surface area contributed by atoms with E-state index in [-0.39, 0.29) is 0 Å². The van der Waals surface area contributed by atoms with Crippen LogP contribution >= 0.6 is 0 Å². The van der Waals surface area contributed by atoms with Gasteiger partial charge in [-0.25, -0.2) is 4.98 Å². The van der Waals surface area contributed by atoms with Crippen molar-refractivity contribution in [1.82, 2.24) is 15.2 Å². The van der Waals surface area contributed by atoms with Gasteiger partial charge in [-0.1, -0.05) is 13.0 Å². The van der Waals surface area contributed by atoms with Gasteiger partial charge in [0.05, 0.1) is 0 Å². The van der Waals surface area contributed by atoms with Crippen molar-refractivity contribution >= 4 is 5.82 Å². The van der Waals surface area contributed by atoms with E-state index < -0.39 is 0 Å². The first-order valence-electron chi connectivity index (χ1n) is 7.74. The molecule has 2 unspecified atom stereocenters. The molecule has 20 heavy (non-hydrogen) atoms. The number of hydrogen-bond donors (Lipinski definition) is 1. The molecule has 4 heteroatoms. The summed E-state index contributed by atoms with van der Waals surface area (Å²) in [6, 6.07) is 5.34. The summed E-state index contributed by atoms with van der Waals surface area (Å²) in [7, 11) is 4.12. The molecule has 1 fully saturated rings. The highest BCUT2D eigenvalue weighted by molar-refractivity contribution is 5.39. The van der Waals surface area contributed by atoms with Crippen LogP contribution in [0.1, 0.15) is 38.3 Å². The van der Waals surface area contributed by atoms with Crippen molar-refractivity contribution in [3.05, 3.63) is 23.9 Å². The lowest BCUT2D eigenvalue weighted by Gasteiger charge is -2.28. The van der Waals surface area contributed by atoms with Crippen molar-refractivity contribution in [2.24, 2.45) is 0 Å². The Balaban J connectivity index is 1.97. The average molecular weight is 276 g/mol. The standard InChI is InChI=1S/C16H28N4/c1-5-20-10-6-7-15(20)12-19(4)16-9-8-14(11-18-16)13(2)17-3/h8-9,11,13,15,17H,5-7,10,12H2,1-4H3. The molecule has 1 aromatic rings. The third kappa shape index (κ3) is 3.49. The number of likely N-dealkylation sites (N-methyl/N-ethyl adjacent to an activating group) is 2. The Kier molecular flexibility index (Phi) is 5.38. The van der Waals surface area contributed by atoms with Gasteiger partial charge in [-0.15, -0.1) is 0 Å². The zero-order valence-corrected chi connectivity index (χ0v) is 13.3. The molecule has 0 bridgehead atoms. The summed E-state index contributed by atoms with van der Waals surface area (Å²) < 4.78 is 0. The molecule has 1 N–H and O–H groups in total. The second-order valence-electron chi connectivity index (χ2n) is 5.77. The maximum absolute atomic E-state index is 4.61. The molecule has 4 nitrogen and oxygen atoms in total. The highest BCUT2D eigenvalue weighted by Crippen LogP contribution is 2.20. The molecule has 112 valence electrons. The molecular weight excluding hydrogens is 248 g/mol. The molecule has 1 aliphatic rings. The number of nitrogens with zero attached hydrogens (tertiary/aromatic N) is 3. The summed E-state index contributed by atoms with van der Waals surface area (Å²) in [5, 5.41) is 3.24. The second-order valence-corrected chi connectivity index (χ2v) is 5.77. The SMILES string of the molecule is CCN1CCCC1CN(C)c1ccc(C(C)NC)cn1. The summed E-state index contributed by atoms with van der Waals surface area (Å²) in [4.78, 5) is 9.47. The number of nitrogens with one attached hydrogen (secondary N) is 1.